The zero-order valence-corrected chi connectivity index (χ0v) is 12.6. The highest BCUT2D eigenvalue weighted by atomic mass is 79.9. The Morgan fingerprint density at radius 2 is 2.16 bits per heavy atom. The summed E-state index contributed by atoms with van der Waals surface area (Å²) in [5, 5.41) is 3.91. The second-order valence-corrected chi connectivity index (χ2v) is 6.26. The molecule has 1 aromatic carbocycles. The van der Waals surface area contributed by atoms with Crippen LogP contribution in [-0.2, 0) is 4.79 Å². The lowest BCUT2D eigenvalue weighted by Gasteiger charge is -2.21. The van der Waals surface area contributed by atoms with Crippen molar-refractivity contribution >= 4 is 39.4 Å². The van der Waals surface area contributed by atoms with Crippen molar-refractivity contribution in [2.45, 2.75) is 12.3 Å². The molecule has 3 rings (SSSR count). The van der Waals surface area contributed by atoms with Gasteiger partial charge in [-0.3, -0.25) is 9.69 Å². The molecule has 1 amide bonds. The van der Waals surface area contributed by atoms with Crippen molar-refractivity contribution in [1.29, 1.82) is 0 Å². The summed E-state index contributed by atoms with van der Waals surface area (Å²) in [5.41, 5.74) is 1.08. The number of hydrogen-bond acceptors (Lipinski definition) is 4. The lowest BCUT2D eigenvalue weighted by molar-refractivity contribution is -0.115. The molecule has 1 aromatic heterocycles. The molecule has 1 atom stereocenters. The van der Waals surface area contributed by atoms with Crippen LogP contribution in [0.3, 0.4) is 0 Å². The van der Waals surface area contributed by atoms with Crippen LogP contribution in [0, 0.1) is 6.92 Å². The van der Waals surface area contributed by atoms with Gasteiger partial charge in [-0.05, 0) is 24.6 Å². The molecule has 6 heteroatoms. The third-order valence-corrected chi connectivity index (χ3v) is 4.63. The van der Waals surface area contributed by atoms with Crippen LogP contribution in [0.4, 0.5) is 5.82 Å². The van der Waals surface area contributed by atoms with E-state index in [1.807, 2.05) is 31.2 Å². The monoisotopic (exact) mass is 338 g/mol. The Balaban J connectivity index is 1.96. The van der Waals surface area contributed by atoms with Crippen LogP contribution >= 0.6 is 27.7 Å². The minimum Gasteiger partial charge on any atom is -0.360 e. The number of aromatic nitrogens is 1. The Labute approximate surface area is 123 Å². The third-order valence-electron chi connectivity index (χ3n) is 2.89. The Bertz CT molecular complexity index is 611. The molecular formula is C13H11BrN2O2S. The van der Waals surface area contributed by atoms with Crippen LogP contribution in [0.15, 0.2) is 39.3 Å². The maximum absolute atomic E-state index is 12.0. The number of amides is 1. The van der Waals surface area contributed by atoms with Gasteiger partial charge in [-0.25, -0.2) is 0 Å². The predicted octanol–water partition coefficient (Wildman–Crippen LogP) is 3.52. The van der Waals surface area contributed by atoms with E-state index in [1.165, 1.54) is 0 Å². The predicted molar refractivity (Wildman–Crippen MR) is 78.1 cm³/mol. The number of nitrogens with zero attached hydrogens (tertiary/aromatic N) is 2. The third kappa shape index (κ3) is 2.42. The Morgan fingerprint density at radius 3 is 2.79 bits per heavy atom. The Hall–Kier alpha value is -1.27. The highest BCUT2D eigenvalue weighted by Gasteiger charge is 2.35. The van der Waals surface area contributed by atoms with E-state index in [2.05, 4.69) is 21.1 Å². The summed E-state index contributed by atoms with van der Waals surface area (Å²) < 4.78 is 6.09. The van der Waals surface area contributed by atoms with Crippen LogP contribution in [0.1, 0.15) is 16.7 Å². The summed E-state index contributed by atoms with van der Waals surface area (Å²) in [6.07, 6.45) is 0. The summed E-state index contributed by atoms with van der Waals surface area (Å²) in [4.78, 5) is 13.7. The quantitative estimate of drug-likeness (QED) is 0.840. The van der Waals surface area contributed by atoms with E-state index >= 15 is 0 Å². The molecular weight excluding hydrogens is 328 g/mol. The van der Waals surface area contributed by atoms with Crippen LogP contribution in [0.2, 0.25) is 0 Å². The fourth-order valence-corrected chi connectivity index (χ4v) is 3.44. The normalized spacial score (nSPS) is 19.2. The van der Waals surface area contributed by atoms with Gasteiger partial charge in [0.25, 0.3) is 0 Å². The highest BCUT2D eigenvalue weighted by molar-refractivity contribution is 9.10. The minimum atomic E-state index is -0.0369. The molecule has 98 valence electrons. The lowest BCUT2D eigenvalue weighted by Crippen LogP contribution is -2.28. The van der Waals surface area contributed by atoms with Gasteiger partial charge in [-0.1, -0.05) is 33.2 Å². The molecule has 1 saturated heterocycles. The molecule has 0 N–H and O–H groups in total. The first kappa shape index (κ1) is 12.7. The molecule has 0 saturated carbocycles. The number of aryl methyl sites for hydroxylation is 1. The van der Waals surface area contributed by atoms with Gasteiger partial charge in [0.2, 0.25) is 5.91 Å². The van der Waals surface area contributed by atoms with Crippen LogP contribution in [0.5, 0.6) is 0 Å². The van der Waals surface area contributed by atoms with Crippen LogP contribution in [0.25, 0.3) is 0 Å². The molecule has 1 unspecified atom stereocenters. The summed E-state index contributed by atoms with van der Waals surface area (Å²) >= 11 is 5.02. The standard InChI is InChI=1S/C13H11BrN2O2S/c1-8-6-11(15-18-8)16-12(17)7-19-13(16)9-2-4-10(14)5-3-9/h2-6,13H,7H2,1H3. The molecule has 0 radical (unpaired) electrons. The first-order chi connectivity index (χ1) is 9.15. The lowest BCUT2D eigenvalue weighted by atomic mass is 10.2. The van der Waals surface area contributed by atoms with Crippen molar-refractivity contribution < 1.29 is 9.32 Å². The van der Waals surface area contributed by atoms with Crippen molar-refractivity contribution in [2.75, 3.05) is 10.7 Å². The molecule has 2 heterocycles. The molecule has 1 aliphatic heterocycles. The first-order valence-corrected chi connectivity index (χ1v) is 7.62. The van der Waals surface area contributed by atoms with E-state index in [9.17, 15) is 4.79 Å². The number of thioether (sulfide) groups is 1. The Morgan fingerprint density at radius 1 is 1.42 bits per heavy atom. The average Bonchev–Trinajstić information content (AvgIpc) is 2.96. The van der Waals surface area contributed by atoms with E-state index in [-0.39, 0.29) is 11.3 Å². The number of anilines is 1. The van der Waals surface area contributed by atoms with Crippen molar-refractivity contribution in [3.63, 3.8) is 0 Å². The topological polar surface area (TPSA) is 46.3 Å². The van der Waals surface area contributed by atoms with Gasteiger partial charge in [0.1, 0.15) is 11.1 Å². The zero-order chi connectivity index (χ0) is 13.4. The molecule has 2 aromatic rings. The maximum Gasteiger partial charge on any atom is 0.239 e. The number of benzene rings is 1. The fourth-order valence-electron chi connectivity index (χ4n) is 2.01. The number of hydrogen-bond donors (Lipinski definition) is 0. The first-order valence-electron chi connectivity index (χ1n) is 5.77. The maximum atomic E-state index is 12.0. The molecule has 4 nitrogen and oxygen atoms in total. The smallest absolute Gasteiger partial charge is 0.239 e. The highest BCUT2D eigenvalue weighted by Crippen LogP contribution is 2.41. The van der Waals surface area contributed by atoms with Crippen LogP contribution < -0.4 is 4.90 Å². The molecule has 0 aliphatic carbocycles. The van der Waals surface area contributed by atoms with Gasteiger partial charge < -0.3 is 4.52 Å². The van der Waals surface area contributed by atoms with Crippen molar-refractivity contribution in [3.05, 3.63) is 46.1 Å². The summed E-state index contributed by atoms with van der Waals surface area (Å²) in [6.45, 7) is 1.82. The van der Waals surface area contributed by atoms with E-state index in [1.54, 1.807) is 22.7 Å². The van der Waals surface area contributed by atoms with Gasteiger partial charge in [-0.2, -0.15) is 0 Å². The number of halogens is 1. The molecule has 1 fully saturated rings. The summed E-state index contributed by atoms with van der Waals surface area (Å²) in [6, 6.07) is 9.77. The summed E-state index contributed by atoms with van der Waals surface area (Å²) in [5.74, 6) is 1.81. The van der Waals surface area contributed by atoms with Crippen molar-refractivity contribution in [2.24, 2.45) is 0 Å². The average molecular weight is 339 g/mol. The van der Waals surface area contributed by atoms with Gasteiger partial charge in [0, 0.05) is 10.5 Å². The second-order valence-electron chi connectivity index (χ2n) is 4.27. The van der Waals surface area contributed by atoms with Gasteiger partial charge in [0.05, 0.1) is 5.75 Å². The minimum absolute atomic E-state index is 0.0369. The molecule has 19 heavy (non-hydrogen) atoms. The van der Waals surface area contributed by atoms with Crippen molar-refractivity contribution in [3.8, 4) is 0 Å². The van der Waals surface area contributed by atoms with Crippen LogP contribution in [-0.4, -0.2) is 16.8 Å². The van der Waals surface area contributed by atoms with E-state index in [4.69, 9.17) is 4.52 Å². The van der Waals surface area contributed by atoms with E-state index in [0.717, 1.165) is 10.0 Å². The number of carbonyl (C=O) groups excluding carboxylic acids is 1. The second kappa shape index (κ2) is 5.02. The molecule has 1 aliphatic rings. The SMILES string of the molecule is Cc1cc(N2C(=O)CSC2c2ccc(Br)cc2)no1. The largest absolute Gasteiger partial charge is 0.360 e. The van der Waals surface area contributed by atoms with Gasteiger partial charge in [0.15, 0.2) is 5.82 Å². The fraction of sp³-hybridized carbons (Fsp3) is 0.231. The number of rotatable bonds is 2. The summed E-state index contributed by atoms with van der Waals surface area (Å²) in [7, 11) is 0. The van der Waals surface area contributed by atoms with E-state index in [0.29, 0.717) is 17.3 Å². The zero-order valence-electron chi connectivity index (χ0n) is 10.2. The van der Waals surface area contributed by atoms with Gasteiger partial charge >= 0.3 is 0 Å². The molecule has 0 spiro atoms. The molecule has 0 bridgehead atoms. The van der Waals surface area contributed by atoms with Gasteiger partial charge in [-0.15, -0.1) is 11.8 Å². The van der Waals surface area contributed by atoms with E-state index < -0.39 is 0 Å². The Kier molecular flexibility index (Phi) is 3.36. The number of carbonyl (C=O) groups is 1. The van der Waals surface area contributed by atoms with Crippen molar-refractivity contribution in [1.82, 2.24) is 5.16 Å².